The molecule has 0 aromatic carbocycles. The molecule has 1 aliphatic heterocycles. The molecule has 2 rings (SSSR count). The zero-order valence-corrected chi connectivity index (χ0v) is 9.63. The summed E-state index contributed by atoms with van der Waals surface area (Å²) in [5.74, 6) is 0. The first kappa shape index (κ1) is 11.4. The zero-order valence-electron chi connectivity index (χ0n) is 9.63. The molecule has 0 bridgehead atoms. The van der Waals surface area contributed by atoms with Crippen LogP contribution < -0.4 is 10.6 Å². The highest BCUT2D eigenvalue weighted by molar-refractivity contribution is 4.75. The van der Waals surface area contributed by atoms with Gasteiger partial charge in [0.15, 0.2) is 0 Å². The monoisotopic (exact) mass is 212 g/mol. The van der Waals surface area contributed by atoms with Gasteiger partial charge in [0.25, 0.3) is 0 Å². The van der Waals surface area contributed by atoms with Gasteiger partial charge in [-0.3, -0.25) is 0 Å². The third-order valence-corrected chi connectivity index (χ3v) is 3.49. The van der Waals surface area contributed by atoms with Crippen LogP contribution in [0.4, 0.5) is 0 Å². The Hall–Kier alpha value is -0.120. The third-order valence-electron chi connectivity index (χ3n) is 3.49. The Morgan fingerprint density at radius 3 is 2.60 bits per heavy atom. The number of nitrogens with one attached hydrogen (secondary N) is 2. The molecule has 3 nitrogen and oxygen atoms in total. The van der Waals surface area contributed by atoms with Crippen LogP contribution in [0.1, 0.15) is 38.5 Å². The molecule has 0 radical (unpaired) electrons. The highest BCUT2D eigenvalue weighted by Crippen LogP contribution is 2.17. The topological polar surface area (TPSA) is 33.3 Å². The predicted molar refractivity (Wildman–Crippen MR) is 62.1 cm³/mol. The molecule has 1 heterocycles. The number of hydrogen-bond donors (Lipinski definition) is 2. The summed E-state index contributed by atoms with van der Waals surface area (Å²) in [4.78, 5) is 0. The molecule has 0 aromatic heterocycles. The molecule has 2 N–H and O–H groups in total. The van der Waals surface area contributed by atoms with Crippen LogP contribution in [0.2, 0.25) is 0 Å². The van der Waals surface area contributed by atoms with E-state index < -0.39 is 0 Å². The smallest absolute Gasteiger partial charge is 0.0824 e. The van der Waals surface area contributed by atoms with Gasteiger partial charge >= 0.3 is 0 Å². The fourth-order valence-electron chi connectivity index (χ4n) is 2.53. The molecule has 2 fully saturated rings. The Kier molecular flexibility index (Phi) is 4.90. The second-order valence-electron chi connectivity index (χ2n) is 4.79. The molecule has 1 atom stereocenters. The number of rotatable bonds is 3. The van der Waals surface area contributed by atoms with Gasteiger partial charge in [0.2, 0.25) is 0 Å². The Bertz CT molecular complexity index is 161. The SMILES string of the molecule is C1CCCC(NCC2CNCCO2)CC1. The highest BCUT2D eigenvalue weighted by Gasteiger charge is 2.16. The van der Waals surface area contributed by atoms with Crippen LogP contribution in [0.5, 0.6) is 0 Å². The predicted octanol–water partition coefficient (Wildman–Crippen LogP) is 1.29. The quantitative estimate of drug-likeness (QED) is 0.692. The van der Waals surface area contributed by atoms with Crippen molar-refractivity contribution in [3.05, 3.63) is 0 Å². The van der Waals surface area contributed by atoms with Gasteiger partial charge in [-0.15, -0.1) is 0 Å². The molecule has 15 heavy (non-hydrogen) atoms. The first-order valence-corrected chi connectivity index (χ1v) is 6.51. The van der Waals surface area contributed by atoms with E-state index >= 15 is 0 Å². The summed E-state index contributed by atoms with van der Waals surface area (Å²) in [5.41, 5.74) is 0. The van der Waals surface area contributed by atoms with E-state index in [1.165, 1.54) is 38.5 Å². The summed E-state index contributed by atoms with van der Waals surface area (Å²) < 4.78 is 5.68. The maximum absolute atomic E-state index is 5.68. The van der Waals surface area contributed by atoms with Crippen molar-refractivity contribution >= 4 is 0 Å². The molecular formula is C12H24N2O. The highest BCUT2D eigenvalue weighted by atomic mass is 16.5. The van der Waals surface area contributed by atoms with Crippen LogP contribution in [0.3, 0.4) is 0 Å². The number of morpholine rings is 1. The van der Waals surface area contributed by atoms with Crippen molar-refractivity contribution in [3.63, 3.8) is 0 Å². The van der Waals surface area contributed by atoms with Gasteiger partial charge < -0.3 is 15.4 Å². The lowest BCUT2D eigenvalue weighted by Crippen LogP contribution is -2.46. The molecule has 1 aliphatic carbocycles. The van der Waals surface area contributed by atoms with Crippen molar-refractivity contribution in [1.82, 2.24) is 10.6 Å². The normalized spacial score (nSPS) is 30.0. The van der Waals surface area contributed by atoms with E-state index in [2.05, 4.69) is 10.6 Å². The minimum atomic E-state index is 0.391. The Balaban J connectivity index is 1.62. The molecule has 1 saturated carbocycles. The maximum atomic E-state index is 5.68. The van der Waals surface area contributed by atoms with Crippen LogP contribution >= 0.6 is 0 Å². The third kappa shape index (κ3) is 4.09. The number of ether oxygens (including phenoxy) is 1. The van der Waals surface area contributed by atoms with Gasteiger partial charge in [0.1, 0.15) is 0 Å². The van der Waals surface area contributed by atoms with Gasteiger partial charge in [-0.05, 0) is 12.8 Å². The van der Waals surface area contributed by atoms with Crippen molar-refractivity contribution in [2.75, 3.05) is 26.2 Å². The standard InChI is InChI=1S/C12H24N2O/c1-2-4-6-11(5-3-1)14-10-12-9-13-7-8-15-12/h11-14H,1-10H2. The average Bonchev–Trinajstić information content (AvgIpc) is 2.56. The second-order valence-corrected chi connectivity index (χ2v) is 4.79. The largest absolute Gasteiger partial charge is 0.374 e. The summed E-state index contributed by atoms with van der Waals surface area (Å²) in [6, 6.07) is 0.748. The van der Waals surface area contributed by atoms with Crippen LogP contribution in [0.15, 0.2) is 0 Å². The lowest BCUT2D eigenvalue weighted by atomic mass is 10.1. The van der Waals surface area contributed by atoms with Crippen LogP contribution in [-0.2, 0) is 4.74 Å². The summed E-state index contributed by atoms with van der Waals surface area (Å²) in [6.07, 6.45) is 8.78. The summed E-state index contributed by atoms with van der Waals surface area (Å²) >= 11 is 0. The molecule has 88 valence electrons. The second kappa shape index (κ2) is 6.46. The van der Waals surface area contributed by atoms with Gasteiger partial charge in [-0.2, -0.15) is 0 Å². The molecule has 0 spiro atoms. The molecule has 2 aliphatic rings. The van der Waals surface area contributed by atoms with Crippen molar-refractivity contribution in [2.24, 2.45) is 0 Å². The summed E-state index contributed by atoms with van der Waals surface area (Å²) in [6.45, 7) is 3.92. The van der Waals surface area contributed by atoms with E-state index in [0.29, 0.717) is 6.10 Å². The lowest BCUT2D eigenvalue weighted by Gasteiger charge is -2.26. The van der Waals surface area contributed by atoms with E-state index in [1.807, 2.05) is 0 Å². The van der Waals surface area contributed by atoms with Crippen LogP contribution in [-0.4, -0.2) is 38.4 Å². The molecule has 0 aromatic rings. The maximum Gasteiger partial charge on any atom is 0.0824 e. The van der Waals surface area contributed by atoms with E-state index in [9.17, 15) is 0 Å². The van der Waals surface area contributed by atoms with Gasteiger partial charge in [-0.25, -0.2) is 0 Å². The minimum absolute atomic E-state index is 0.391. The van der Waals surface area contributed by atoms with Gasteiger partial charge in [0, 0.05) is 25.7 Å². The molecule has 0 amide bonds. The van der Waals surface area contributed by atoms with E-state index in [-0.39, 0.29) is 0 Å². The zero-order chi connectivity index (χ0) is 10.3. The summed E-state index contributed by atoms with van der Waals surface area (Å²) in [7, 11) is 0. The van der Waals surface area contributed by atoms with Crippen molar-refractivity contribution in [3.8, 4) is 0 Å². The number of hydrogen-bond acceptors (Lipinski definition) is 3. The fraction of sp³-hybridized carbons (Fsp3) is 1.00. The molecular weight excluding hydrogens is 188 g/mol. The minimum Gasteiger partial charge on any atom is -0.374 e. The van der Waals surface area contributed by atoms with Crippen LogP contribution in [0, 0.1) is 0 Å². The first-order valence-electron chi connectivity index (χ1n) is 6.51. The Morgan fingerprint density at radius 1 is 1.13 bits per heavy atom. The molecule has 3 heteroatoms. The van der Waals surface area contributed by atoms with Crippen molar-refractivity contribution in [2.45, 2.75) is 50.7 Å². The Labute approximate surface area is 93.0 Å². The fourth-order valence-corrected chi connectivity index (χ4v) is 2.53. The van der Waals surface area contributed by atoms with Crippen molar-refractivity contribution < 1.29 is 4.74 Å². The first-order chi connectivity index (χ1) is 7.45. The Morgan fingerprint density at radius 2 is 1.93 bits per heavy atom. The van der Waals surface area contributed by atoms with E-state index in [1.54, 1.807) is 0 Å². The van der Waals surface area contributed by atoms with Crippen molar-refractivity contribution in [1.29, 1.82) is 0 Å². The van der Waals surface area contributed by atoms with Crippen LogP contribution in [0.25, 0.3) is 0 Å². The van der Waals surface area contributed by atoms with E-state index in [4.69, 9.17) is 4.74 Å². The van der Waals surface area contributed by atoms with E-state index in [0.717, 1.165) is 32.3 Å². The average molecular weight is 212 g/mol. The van der Waals surface area contributed by atoms with Gasteiger partial charge in [-0.1, -0.05) is 25.7 Å². The molecule has 1 unspecified atom stereocenters. The lowest BCUT2D eigenvalue weighted by molar-refractivity contribution is 0.0273. The van der Waals surface area contributed by atoms with Gasteiger partial charge in [0.05, 0.1) is 12.7 Å². The molecule has 1 saturated heterocycles. The summed E-state index contributed by atoms with van der Waals surface area (Å²) in [5, 5.41) is 7.04.